The van der Waals surface area contributed by atoms with Gasteiger partial charge in [0.25, 0.3) is 5.91 Å². The number of hydrogen-bond donors (Lipinski definition) is 9. The van der Waals surface area contributed by atoms with Gasteiger partial charge in [-0.25, -0.2) is 4.39 Å². The SMILES string of the molecule is NCCCCC(NC(=O)CON=Cc1ccc(F)cc1)C(=O)NC(CCCN=C(N)N)C(=O)NCC(=O)NC(CC(=O)O)C(N)=O. The Morgan fingerprint density at radius 2 is 1.50 bits per heavy atom. The number of carbonyl (C=O) groups excluding carboxylic acids is 5. The molecule has 0 aliphatic heterocycles. The number of unbranched alkanes of at least 4 members (excludes halogenated alkanes) is 1. The first-order chi connectivity index (χ1) is 21.8. The van der Waals surface area contributed by atoms with Gasteiger partial charge in [-0.2, -0.15) is 0 Å². The number of aliphatic carboxylic acids is 1. The van der Waals surface area contributed by atoms with E-state index in [9.17, 15) is 33.2 Å². The number of carbonyl (C=O) groups is 6. The Morgan fingerprint density at radius 1 is 0.870 bits per heavy atom. The van der Waals surface area contributed by atoms with Crippen molar-refractivity contribution in [3.8, 4) is 0 Å². The molecule has 18 nitrogen and oxygen atoms in total. The fraction of sp³-hybridized carbons (Fsp3) is 0.481. The Morgan fingerprint density at radius 3 is 2.11 bits per heavy atom. The number of amides is 5. The van der Waals surface area contributed by atoms with Gasteiger partial charge in [0.2, 0.25) is 23.6 Å². The summed E-state index contributed by atoms with van der Waals surface area (Å²) >= 11 is 0. The molecular weight excluding hydrogens is 611 g/mol. The standard InChI is InChI=1S/C27H41FN10O8/c28-17-8-6-16(7-9-17)13-35-46-15-22(40)36-19(4-1-2-10-29)26(45)38-18(5-3-11-33-27(31)32)25(44)34-14-21(39)37-20(24(30)43)12-23(41)42/h6-9,13,18-20H,1-5,10-12,14-15,29H2,(H2,30,43)(H,34,44)(H,36,40)(H,37,39)(H,38,45)(H,41,42)(H4,31,32,33). The van der Waals surface area contributed by atoms with Crippen molar-refractivity contribution in [2.24, 2.45) is 33.1 Å². The summed E-state index contributed by atoms with van der Waals surface area (Å²) in [5.41, 5.74) is 21.8. The quantitative estimate of drug-likeness (QED) is 0.0261. The molecule has 0 heterocycles. The van der Waals surface area contributed by atoms with Gasteiger partial charge in [-0.1, -0.05) is 17.3 Å². The van der Waals surface area contributed by atoms with Crippen LogP contribution in [-0.2, 0) is 33.6 Å². The van der Waals surface area contributed by atoms with E-state index < -0.39 is 79.0 Å². The molecule has 5 amide bonds. The van der Waals surface area contributed by atoms with Gasteiger partial charge in [0, 0.05) is 6.54 Å². The third-order valence-corrected chi connectivity index (χ3v) is 6.00. The number of aliphatic imine (C=N–C) groups is 1. The monoisotopic (exact) mass is 652 g/mol. The maximum Gasteiger partial charge on any atom is 0.305 e. The third-order valence-electron chi connectivity index (χ3n) is 6.00. The molecule has 0 fully saturated rings. The molecule has 1 aromatic rings. The molecule has 3 atom stereocenters. The van der Waals surface area contributed by atoms with Crippen molar-refractivity contribution in [2.75, 3.05) is 26.2 Å². The zero-order chi connectivity index (χ0) is 34.5. The van der Waals surface area contributed by atoms with Crippen molar-refractivity contribution in [1.29, 1.82) is 0 Å². The molecule has 0 aliphatic rings. The van der Waals surface area contributed by atoms with Crippen molar-refractivity contribution in [2.45, 2.75) is 56.7 Å². The molecule has 46 heavy (non-hydrogen) atoms. The van der Waals surface area contributed by atoms with E-state index in [1.54, 1.807) is 0 Å². The second kappa shape index (κ2) is 21.4. The molecule has 1 aromatic carbocycles. The van der Waals surface area contributed by atoms with Crippen LogP contribution in [0, 0.1) is 5.82 Å². The first-order valence-corrected chi connectivity index (χ1v) is 14.2. The summed E-state index contributed by atoms with van der Waals surface area (Å²) in [6, 6.07) is 1.53. The predicted molar refractivity (Wildman–Crippen MR) is 163 cm³/mol. The molecule has 0 aliphatic carbocycles. The maximum atomic E-state index is 13.2. The van der Waals surface area contributed by atoms with Crippen LogP contribution in [0.25, 0.3) is 0 Å². The smallest absolute Gasteiger partial charge is 0.305 e. The number of benzene rings is 1. The molecule has 0 radical (unpaired) electrons. The first kappa shape index (κ1) is 38.7. The highest BCUT2D eigenvalue weighted by atomic mass is 19.1. The van der Waals surface area contributed by atoms with Crippen molar-refractivity contribution in [3.05, 3.63) is 35.6 Å². The molecule has 0 aromatic heterocycles. The molecule has 254 valence electrons. The van der Waals surface area contributed by atoms with Crippen molar-refractivity contribution in [3.63, 3.8) is 0 Å². The van der Waals surface area contributed by atoms with Gasteiger partial charge in [-0.15, -0.1) is 0 Å². The summed E-state index contributed by atoms with van der Waals surface area (Å²) in [5, 5.41) is 22.0. The Kier molecular flexibility index (Phi) is 18.0. The minimum atomic E-state index is -1.51. The average molecular weight is 653 g/mol. The number of oxime groups is 1. The van der Waals surface area contributed by atoms with Crippen LogP contribution in [0.4, 0.5) is 4.39 Å². The Balaban J connectivity index is 2.89. The fourth-order valence-corrected chi connectivity index (χ4v) is 3.72. The van der Waals surface area contributed by atoms with Gasteiger partial charge in [-0.3, -0.25) is 33.8 Å². The number of nitrogens with zero attached hydrogens (tertiary/aromatic N) is 2. The first-order valence-electron chi connectivity index (χ1n) is 14.2. The molecule has 0 saturated heterocycles. The van der Waals surface area contributed by atoms with Crippen LogP contribution in [0.3, 0.4) is 0 Å². The summed E-state index contributed by atoms with van der Waals surface area (Å²) in [7, 11) is 0. The van der Waals surface area contributed by atoms with E-state index >= 15 is 0 Å². The van der Waals surface area contributed by atoms with Gasteiger partial charge < -0.3 is 54.1 Å². The third kappa shape index (κ3) is 17.1. The number of nitrogens with two attached hydrogens (primary N) is 4. The Labute approximate surface area is 263 Å². The van der Waals surface area contributed by atoms with Gasteiger partial charge in [-0.05, 0) is 56.3 Å². The highest BCUT2D eigenvalue weighted by molar-refractivity contribution is 5.94. The second-order valence-corrected chi connectivity index (χ2v) is 9.81. The van der Waals surface area contributed by atoms with Crippen LogP contribution in [-0.4, -0.2) is 97.2 Å². The number of carboxylic acids is 1. The van der Waals surface area contributed by atoms with Gasteiger partial charge in [0.1, 0.15) is 23.9 Å². The number of nitrogens with one attached hydrogen (secondary N) is 4. The van der Waals surface area contributed by atoms with E-state index in [1.807, 2.05) is 0 Å². The number of halogens is 1. The molecule has 3 unspecified atom stereocenters. The van der Waals surface area contributed by atoms with E-state index in [-0.39, 0.29) is 31.8 Å². The average Bonchev–Trinajstić information content (AvgIpc) is 2.99. The fourth-order valence-electron chi connectivity index (χ4n) is 3.72. The van der Waals surface area contributed by atoms with Gasteiger partial charge in [0.05, 0.1) is 19.2 Å². The minimum absolute atomic E-state index is 0.0174. The van der Waals surface area contributed by atoms with Crippen LogP contribution in [0.5, 0.6) is 0 Å². The summed E-state index contributed by atoms with van der Waals surface area (Å²) < 4.78 is 13.0. The minimum Gasteiger partial charge on any atom is -0.481 e. The summed E-state index contributed by atoms with van der Waals surface area (Å²) in [5.74, 6) is -6.19. The maximum absolute atomic E-state index is 13.2. The van der Waals surface area contributed by atoms with Crippen LogP contribution < -0.4 is 44.2 Å². The number of guanidine groups is 1. The zero-order valence-corrected chi connectivity index (χ0v) is 25.1. The predicted octanol–water partition coefficient (Wildman–Crippen LogP) is -3.11. The van der Waals surface area contributed by atoms with E-state index in [2.05, 4.69) is 31.4 Å². The Bertz CT molecular complexity index is 1240. The van der Waals surface area contributed by atoms with Crippen molar-refractivity contribution >= 4 is 47.7 Å². The van der Waals surface area contributed by atoms with E-state index in [0.29, 0.717) is 24.9 Å². The number of rotatable bonds is 22. The lowest BCUT2D eigenvalue weighted by Crippen LogP contribution is -2.55. The van der Waals surface area contributed by atoms with Crippen LogP contribution in [0.15, 0.2) is 34.4 Å². The van der Waals surface area contributed by atoms with Gasteiger partial charge in [0.15, 0.2) is 12.6 Å². The van der Waals surface area contributed by atoms with E-state index in [1.165, 1.54) is 30.5 Å². The van der Waals surface area contributed by atoms with Crippen LogP contribution in [0.2, 0.25) is 0 Å². The van der Waals surface area contributed by atoms with Crippen molar-refractivity contribution in [1.82, 2.24) is 21.3 Å². The van der Waals surface area contributed by atoms with E-state index in [0.717, 1.165) is 0 Å². The summed E-state index contributed by atoms with van der Waals surface area (Å²) in [6.07, 6.45) is 1.92. The zero-order valence-electron chi connectivity index (χ0n) is 25.1. The highest BCUT2D eigenvalue weighted by Crippen LogP contribution is 2.05. The topological polar surface area (TPSA) is 309 Å². The molecule has 13 N–H and O–H groups in total. The number of hydrogen-bond acceptors (Lipinski definition) is 10. The van der Waals surface area contributed by atoms with E-state index in [4.69, 9.17) is 32.9 Å². The van der Waals surface area contributed by atoms with Gasteiger partial charge >= 0.3 is 5.97 Å². The largest absolute Gasteiger partial charge is 0.481 e. The van der Waals surface area contributed by atoms with Crippen LogP contribution in [0.1, 0.15) is 44.1 Å². The summed E-state index contributed by atoms with van der Waals surface area (Å²) in [6.45, 7) is -0.770. The number of primary amides is 1. The molecule has 1 rings (SSSR count). The normalized spacial score (nSPS) is 12.7. The molecule has 0 saturated carbocycles. The Hall–Kier alpha value is -5.33. The van der Waals surface area contributed by atoms with Crippen molar-refractivity contribution < 1.29 is 43.1 Å². The number of carboxylic acid groups (broad SMARTS) is 1. The lowest BCUT2D eigenvalue weighted by atomic mass is 10.1. The second-order valence-electron chi connectivity index (χ2n) is 9.81. The lowest BCUT2D eigenvalue weighted by molar-refractivity contribution is -0.140. The molecule has 0 bridgehead atoms. The molecular formula is C27H41FN10O8. The lowest BCUT2D eigenvalue weighted by Gasteiger charge is -2.23. The molecule has 19 heteroatoms. The summed E-state index contributed by atoms with van der Waals surface area (Å²) in [4.78, 5) is 82.1. The van der Waals surface area contributed by atoms with Crippen LogP contribution >= 0.6 is 0 Å². The molecule has 0 spiro atoms. The highest BCUT2D eigenvalue weighted by Gasteiger charge is 2.27.